The van der Waals surface area contributed by atoms with Gasteiger partial charge in [-0.05, 0) is 27.0 Å². The average Bonchev–Trinajstić information content (AvgIpc) is 3.11. The highest BCUT2D eigenvalue weighted by Crippen LogP contribution is 2.25. The Kier molecular flexibility index (Phi) is 4.44. The minimum atomic E-state index is 0.841. The Balaban J connectivity index is 1.58. The Hall–Kier alpha value is -2.35. The Labute approximate surface area is 157 Å². The standard InChI is InChI=1S/C18H23N7S/c1-12-11-16(25-15(20-12)5-6-19-25)23-7-9-24(10-8-23)17-13(2)14(3)21-18(22-17)26-4/h5-6,11H,7-10H2,1-4H3. The van der Waals surface area contributed by atoms with Gasteiger partial charge in [0.1, 0.15) is 11.6 Å². The van der Waals surface area contributed by atoms with E-state index in [-0.39, 0.29) is 0 Å². The van der Waals surface area contributed by atoms with Crippen LogP contribution in [0.1, 0.15) is 17.0 Å². The summed E-state index contributed by atoms with van der Waals surface area (Å²) in [6, 6.07) is 4.06. The van der Waals surface area contributed by atoms with E-state index in [0.29, 0.717) is 0 Å². The number of piperazine rings is 1. The van der Waals surface area contributed by atoms with Crippen molar-refractivity contribution in [1.82, 2.24) is 24.6 Å². The number of hydrogen-bond acceptors (Lipinski definition) is 7. The fourth-order valence-corrected chi connectivity index (χ4v) is 3.78. The van der Waals surface area contributed by atoms with Gasteiger partial charge >= 0.3 is 0 Å². The Bertz CT molecular complexity index is 944. The molecule has 136 valence electrons. The van der Waals surface area contributed by atoms with E-state index in [9.17, 15) is 0 Å². The molecule has 4 rings (SSSR count). The average molecular weight is 369 g/mol. The van der Waals surface area contributed by atoms with Gasteiger partial charge in [-0.25, -0.2) is 15.0 Å². The number of nitrogens with zero attached hydrogens (tertiary/aromatic N) is 7. The van der Waals surface area contributed by atoms with Crippen molar-refractivity contribution in [2.24, 2.45) is 0 Å². The molecule has 0 radical (unpaired) electrons. The molecule has 1 aliphatic rings. The molecule has 1 fully saturated rings. The van der Waals surface area contributed by atoms with Crippen molar-refractivity contribution in [3.63, 3.8) is 0 Å². The second-order valence-electron chi connectivity index (χ2n) is 6.58. The first kappa shape index (κ1) is 17.1. The van der Waals surface area contributed by atoms with E-state index in [0.717, 1.165) is 60.0 Å². The van der Waals surface area contributed by atoms with Gasteiger partial charge in [-0.3, -0.25) is 0 Å². The van der Waals surface area contributed by atoms with Crippen LogP contribution in [0.2, 0.25) is 0 Å². The van der Waals surface area contributed by atoms with Gasteiger partial charge in [0.15, 0.2) is 10.8 Å². The second-order valence-corrected chi connectivity index (χ2v) is 7.35. The summed E-state index contributed by atoms with van der Waals surface area (Å²) in [5.74, 6) is 2.18. The van der Waals surface area contributed by atoms with E-state index < -0.39 is 0 Å². The van der Waals surface area contributed by atoms with Crippen molar-refractivity contribution >= 4 is 29.0 Å². The van der Waals surface area contributed by atoms with Crippen LogP contribution in [0.4, 0.5) is 11.6 Å². The highest BCUT2D eigenvalue weighted by molar-refractivity contribution is 7.98. The third kappa shape index (κ3) is 2.98. The largest absolute Gasteiger partial charge is 0.353 e. The molecule has 0 bridgehead atoms. The highest BCUT2D eigenvalue weighted by Gasteiger charge is 2.23. The Morgan fingerprint density at radius 1 is 0.962 bits per heavy atom. The van der Waals surface area contributed by atoms with E-state index in [4.69, 9.17) is 4.98 Å². The summed E-state index contributed by atoms with van der Waals surface area (Å²) >= 11 is 1.59. The van der Waals surface area contributed by atoms with Crippen molar-refractivity contribution in [2.45, 2.75) is 25.9 Å². The molecule has 8 heteroatoms. The van der Waals surface area contributed by atoms with Crippen LogP contribution >= 0.6 is 11.8 Å². The van der Waals surface area contributed by atoms with E-state index in [1.54, 1.807) is 18.0 Å². The number of thioether (sulfide) groups is 1. The van der Waals surface area contributed by atoms with Crippen LogP contribution in [0.3, 0.4) is 0 Å². The molecule has 7 nitrogen and oxygen atoms in total. The summed E-state index contributed by atoms with van der Waals surface area (Å²) in [5, 5.41) is 5.28. The first-order valence-electron chi connectivity index (χ1n) is 8.77. The number of aryl methyl sites for hydroxylation is 2. The second kappa shape index (κ2) is 6.75. The van der Waals surface area contributed by atoms with E-state index in [1.165, 1.54) is 5.56 Å². The molecule has 1 aliphatic heterocycles. The Morgan fingerprint density at radius 3 is 2.42 bits per heavy atom. The predicted molar refractivity (Wildman–Crippen MR) is 105 cm³/mol. The van der Waals surface area contributed by atoms with Gasteiger partial charge in [0.25, 0.3) is 0 Å². The van der Waals surface area contributed by atoms with E-state index >= 15 is 0 Å². The SMILES string of the molecule is CSc1nc(C)c(C)c(N2CCN(c3cc(C)nc4ccnn34)CC2)n1. The monoisotopic (exact) mass is 369 g/mol. The zero-order valence-electron chi connectivity index (χ0n) is 15.6. The van der Waals surface area contributed by atoms with Gasteiger partial charge < -0.3 is 9.80 Å². The minimum Gasteiger partial charge on any atom is -0.353 e. The van der Waals surface area contributed by atoms with Crippen molar-refractivity contribution in [1.29, 1.82) is 0 Å². The van der Waals surface area contributed by atoms with Gasteiger partial charge in [0.05, 0.1) is 6.20 Å². The molecule has 0 spiro atoms. The lowest BCUT2D eigenvalue weighted by Gasteiger charge is -2.37. The molecule has 0 N–H and O–H groups in total. The van der Waals surface area contributed by atoms with Gasteiger partial charge in [-0.2, -0.15) is 9.61 Å². The molecule has 0 amide bonds. The van der Waals surface area contributed by atoms with Crippen LogP contribution in [-0.4, -0.2) is 57.0 Å². The van der Waals surface area contributed by atoms with Crippen molar-refractivity contribution in [3.05, 3.63) is 35.3 Å². The maximum Gasteiger partial charge on any atom is 0.189 e. The summed E-state index contributed by atoms with van der Waals surface area (Å²) in [4.78, 5) is 18.6. The topological polar surface area (TPSA) is 62.5 Å². The zero-order chi connectivity index (χ0) is 18.3. The third-order valence-corrected chi connectivity index (χ3v) is 5.45. The zero-order valence-corrected chi connectivity index (χ0v) is 16.4. The molecule has 3 aromatic rings. The van der Waals surface area contributed by atoms with Gasteiger partial charge in [0, 0.05) is 55.3 Å². The smallest absolute Gasteiger partial charge is 0.189 e. The molecule has 0 aromatic carbocycles. The van der Waals surface area contributed by atoms with Crippen LogP contribution in [-0.2, 0) is 0 Å². The lowest BCUT2D eigenvalue weighted by atomic mass is 10.2. The van der Waals surface area contributed by atoms with Gasteiger partial charge in [0.2, 0.25) is 0 Å². The van der Waals surface area contributed by atoms with Gasteiger partial charge in [-0.1, -0.05) is 11.8 Å². The first-order valence-corrected chi connectivity index (χ1v) is 10.00. The van der Waals surface area contributed by atoms with E-state index in [1.807, 2.05) is 23.8 Å². The number of anilines is 2. The van der Waals surface area contributed by atoms with Crippen LogP contribution < -0.4 is 9.80 Å². The summed E-state index contributed by atoms with van der Waals surface area (Å²) in [6.07, 6.45) is 3.82. The van der Waals surface area contributed by atoms with Crippen molar-refractivity contribution in [2.75, 3.05) is 42.2 Å². The summed E-state index contributed by atoms with van der Waals surface area (Å²) < 4.78 is 1.93. The third-order valence-electron chi connectivity index (χ3n) is 4.90. The molecule has 1 saturated heterocycles. The lowest BCUT2D eigenvalue weighted by Crippen LogP contribution is -2.47. The number of fused-ring (bicyclic) bond motifs is 1. The summed E-state index contributed by atoms with van der Waals surface area (Å²) in [7, 11) is 0. The van der Waals surface area contributed by atoms with Crippen LogP contribution in [0, 0.1) is 20.8 Å². The normalized spacial score (nSPS) is 15.1. The molecule has 0 unspecified atom stereocenters. The maximum absolute atomic E-state index is 4.76. The molecule has 0 atom stereocenters. The van der Waals surface area contributed by atoms with Gasteiger partial charge in [-0.15, -0.1) is 0 Å². The summed E-state index contributed by atoms with van der Waals surface area (Å²) in [6.45, 7) is 9.91. The lowest BCUT2D eigenvalue weighted by molar-refractivity contribution is 0.627. The number of aromatic nitrogens is 5. The molecule has 3 aromatic heterocycles. The predicted octanol–water partition coefficient (Wildman–Crippen LogP) is 2.49. The van der Waals surface area contributed by atoms with Crippen LogP contribution in [0.25, 0.3) is 5.65 Å². The van der Waals surface area contributed by atoms with Crippen molar-refractivity contribution < 1.29 is 0 Å². The molecule has 0 aliphatic carbocycles. The number of hydrogen-bond donors (Lipinski definition) is 0. The molecule has 4 heterocycles. The first-order chi connectivity index (χ1) is 12.6. The Morgan fingerprint density at radius 2 is 1.69 bits per heavy atom. The fourth-order valence-electron chi connectivity index (χ4n) is 3.38. The van der Waals surface area contributed by atoms with Crippen LogP contribution in [0.5, 0.6) is 0 Å². The molecule has 0 saturated carbocycles. The molecular formula is C18H23N7S. The fraction of sp³-hybridized carbons (Fsp3) is 0.444. The highest BCUT2D eigenvalue weighted by atomic mass is 32.2. The minimum absolute atomic E-state index is 0.841. The molecular weight excluding hydrogens is 346 g/mol. The van der Waals surface area contributed by atoms with Crippen molar-refractivity contribution in [3.8, 4) is 0 Å². The maximum atomic E-state index is 4.76. The summed E-state index contributed by atoms with van der Waals surface area (Å²) in [5.41, 5.74) is 4.15. The quantitative estimate of drug-likeness (QED) is 0.519. The molecule has 26 heavy (non-hydrogen) atoms. The number of rotatable bonds is 3. The van der Waals surface area contributed by atoms with E-state index in [2.05, 4.69) is 44.8 Å². The van der Waals surface area contributed by atoms with Crippen LogP contribution in [0.15, 0.2) is 23.5 Å².